The third-order valence-electron chi connectivity index (χ3n) is 6.40. The van der Waals surface area contributed by atoms with Gasteiger partial charge < -0.3 is 5.32 Å². The number of para-hydroxylation sites is 1. The zero-order valence-corrected chi connectivity index (χ0v) is 24.0. The van der Waals surface area contributed by atoms with E-state index in [1.54, 1.807) is 85.4 Å². The van der Waals surface area contributed by atoms with Crippen molar-refractivity contribution in [1.82, 2.24) is 9.36 Å². The molecule has 1 atom stereocenters. The van der Waals surface area contributed by atoms with Crippen LogP contribution in [0.4, 0.5) is 11.4 Å². The molecule has 1 unspecified atom stereocenters. The highest BCUT2D eigenvalue weighted by molar-refractivity contribution is 9.10. The number of hydrogen-bond acceptors (Lipinski definition) is 5. The second kappa shape index (κ2) is 11.5. The van der Waals surface area contributed by atoms with E-state index in [2.05, 4.69) is 26.2 Å². The van der Waals surface area contributed by atoms with Gasteiger partial charge in [-0.25, -0.2) is 4.68 Å². The maximum Gasteiger partial charge on any atom is 0.296 e. The first-order valence-electron chi connectivity index (χ1n) is 12.3. The fraction of sp³-hybridized carbons (Fsp3) is 0.138. The van der Waals surface area contributed by atoms with Gasteiger partial charge in [0.15, 0.2) is 5.17 Å². The van der Waals surface area contributed by atoms with Crippen molar-refractivity contribution >= 4 is 62.0 Å². The number of anilines is 2. The number of carbonyl (C=O) groups excluding carboxylic acids is 3. The molecule has 1 aliphatic rings. The second-order valence-electron chi connectivity index (χ2n) is 9.02. The molecular formula is C29H24BrN5O4S. The molecule has 0 bridgehead atoms. The molecule has 1 aromatic heterocycles. The summed E-state index contributed by atoms with van der Waals surface area (Å²) in [6.45, 7) is 1.72. The van der Waals surface area contributed by atoms with Gasteiger partial charge in [-0.05, 0) is 55.5 Å². The molecule has 3 aromatic carbocycles. The average Bonchev–Trinajstić information content (AvgIpc) is 3.36. The summed E-state index contributed by atoms with van der Waals surface area (Å²) in [6, 6.07) is 24.6. The van der Waals surface area contributed by atoms with Crippen LogP contribution in [0.15, 0.2) is 99.2 Å². The quantitative estimate of drug-likeness (QED) is 0.330. The highest BCUT2D eigenvalue weighted by Crippen LogP contribution is 2.35. The van der Waals surface area contributed by atoms with E-state index in [1.807, 2.05) is 18.2 Å². The summed E-state index contributed by atoms with van der Waals surface area (Å²) in [6.07, 6.45) is -0.173. The maximum absolute atomic E-state index is 13.8. The van der Waals surface area contributed by atoms with E-state index in [1.165, 1.54) is 9.58 Å². The van der Waals surface area contributed by atoms with Gasteiger partial charge in [-0.1, -0.05) is 64.1 Å². The minimum absolute atomic E-state index is 0.0475. The molecule has 0 spiro atoms. The van der Waals surface area contributed by atoms with Crippen LogP contribution in [0.25, 0.3) is 5.69 Å². The van der Waals surface area contributed by atoms with Gasteiger partial charge in [0.25, 0.3) is 11.5 Å². The lowest BCUT2D eigenvalue weighted by atomic mass is 10.2. The Bertz CT molecular complexity index is 1680. The zero-order valence-electron chi connectivity index (χ0n) is 21.6. The number of hydrogen-bond donors (Lipinski definition) is 1. The summed E-state index contributed by atoms with van der Waals surface area (Å²) in [5.41, 5.74) is 1.68. The Morgan fingerprint density at radius 1 is 0.950 bits per heavy atom. The van der Waals surface area contributed by atoms with Crippen LogP contribution in [0, 0.1) is 6.92 Å². The molecule has 0 saturated carbocycles. The average molecular weight is 619 g/mol. The van der Waals surface area contributed by atoms with Crippen molar-refractivity contribution in [3.63, 3.8) is 0 Å². The topological polar surface area (TPSA) is 106 Å². The lowest BCUT2D eigenvalue weighted by Gasteiger charge is -2.15. The van der Waals surface area contributed by atoms with E-state index in [4.69, 9.17) is 0 Å². The van der Waals surface area contributed by atoms with Crippen molar-refractivity contribution in [2.75, 3.05) is 10.2 Å². The molecule has 9 nitrogen and oxygen atoms in total. The van der Waals surface area contributed by atoms with E-state index < -0.39 is 22.6 Å². The molecule has 1 saturated heterocycles. The van der Waals surface area contributed by atoms with Crippen molar-refractivity contribution in [2.45, 2.75) is 18.6 Å². The van der Waals surface area contributed by atoms with Crippen LogP contribution in [0.3, 0.4) is 0 Å². The van der Waals surface area contributed by atoms with Crippen molar-refractivity contribution < 1.29 is 14.4 Å². The van der Waals surface area contributed by atoms with Crippen LogP contribution in [0.2, 0.25) is 0 Å². The van der Waals surface area contributed by atoms with E-state index in [9.17, 15) is 19.2 Å². The molecule has 1 aliphatic heterocycles. The highest BCUT2D eigenvalue weighted by Gasteiger charge is 2.43. The van der Waals surface area contributed by atoms with Gasteiger partial charge in [0, 0.05) is 29.2 Å². The number of nitrogens with one attached hydrogen (secondary N) is 1. The third kappa shape index (κ3) is 5.43. The molecule has 11 heteroatoms. The SMILES string of the molecule is Cc1c(N2C(=O)C(CC(=O)Nc3ccc(Br)cc3)SC2=NC(=O)c2ccccc2)c(=O)n(-c2ccccc2)n1C. The van der Waals surface area contributed by atoms with Crippen LogP contribution in [0.1, 0.15) is 22.5 Å². The number of aliphatic imine (C=N–C) groups is 1. The number of thioether (sulfide) groups is 1. The van der Waals surface area contributed by atoms with E-state index in [0.29, 0.717) is 22.6 Å². The molecule has 0 radical (unpaired) electrons. The maximum atomic E-state index is 13.8. The van der Waals surface area contributed by atoms with Gasteiger partial charge in [0.05, 0.1) is 11.4 Å². The predicted octanol–water partition coefficient (Wildman–Crippen LogP) is 4.92. The fourth-order valence-electron chi connectivity index (χ4n) is 4.34. The normalized spacial score (nSPS) is 16.0. The van der Waals surface area contributed by atoms with E-state index in [0.717, 1.165) is 16.2 Å². The lowest BCUT2D eigenvalue weighted by Crippen LogP contribution is -2.37. The Morgan fingerprint density at radius 2 is 1.57 bits per heavy atom. The highest BCUT2D eigenvalue weighted by atomic mass is 79.9. The van der Waals surface area contributed by atoms with Gasteiger partial charge in [-0.15, -0.1) is 0 Å². The number of halogens is 1. The summed E-state index contributed by atoms with van der Waals surface area (Å²) >= 11 is 4.35. The van der Waals surface area contributed by atoms with Crippen LogP contribution in [0.5, 0.6) is 0 Å². The van der Waals surface area contributed by atoms with Crippen molar-refractivity contribution in [3.8, 4) is 5.69 Å². The molecule has 1 fully saturated rings. The summed E-state index contributed by atoms with van der Waals surface area (Å²) in [5.74, 6) is -1.44. The zero-order chi connectivity index (χ0) is 28.4. The van der Waals surface area contributed by atoms with Gasteiger partial charge in [-0.2, -0.15) is 4.99 Å². The summed E-state index contributed by atoms with van der Waals surface area (Å²) < 4.78 is 3.97. The minimum Gasteiger partial charge on any atom is -0.326 e. The van der Waals surface area contributed by atoms with Crippen LogP contribution in [-0.4, -0.2) is 37.5 Å². The van der Waals surface area contributed by atoms with Gasteiger partial charge in [0.2, 0.25) is 11.8 Å². The summed E-state index contributed by atoms with van der Waals surface area (Å²) in [5, 5.41) is 1.95. The van der Waals surface area contributed by atoms with Crippen LogP contribution < -0.4 is 15.8 Å². The standard InChI is InChI=1S/C29H24BrN5O4S/c1-18-25(28(39)35(33(18)2)22-11-7-4-8-12-22)34-27(38)23(17-24(36)31-21-15-13-20(30)14-16-21)40-29(34)32-26(37)19-9-5-3-6-10-19/h3-16,23H,17H2,1-2H3,(H,31,36). The number of aromatic nitrogens is 2. The van der Waals surface area contributed by atoms with Gasteiger partial charge in [-0.3, -0.25) is 28.8 Å². The molecule has 1 N–H and O–H groups in total. The molecule has 5 rings (SSSR count). The summed E-state index contributed by atoms with van der Waals surface area (Å²) in [7, 11) is 1.72. The molecule has 4 aromatic rings. The molecule has 40 heavy (non-hydrogen) atoms. The predicted molar refractivity (Wildman–Crippen MR) is 160 cm³/mol. The fourth-order valence-corrected chi connectivity index (χ4v) is 5.72. The number of carbonyl (C=O) groups is 3. The molecule has 2 heterocycles. The lowest BCUT2D eigenvalue weighted by molar-refractivity contribution is -0.121. The number of amidine groups is 1. The molecule has 0 aliphatic carbocycles. The molecule has 3 amide bonds. The van der Waals surface area contributed by atoms with Crippen molar-refractivity contribution in [2.24, 2.45) is 12.0 Å². The Kier molecular flexibility index (Phi) is 7.85. The first kappa shape index (κ1) is 27.4. The first-order chi connectivity index (χ1) is 19.2. The second-order valence-corrected chi connectivity index (χ2v) is 11.1. The molecular weight excluding hydrogens is 594 g/mol. The van der Waals surface area contributed by atoms with Crippen molar-refractivity contribution in [1.29, 1.82) is 0 Å². The Labute approximate surface area is 242 Å². The number of benzene rings is 3. The summed E-state index contributed by atoms with van der Waals surface area (Å²) in [4.78, 5) is 58.9. The number of amides is 3. The number of rotatable bonds is 6. The van der Waals surface area contributed by atoms with Crippen molar-refractivity contribution in [3.05, 3.63) is 111 Å². The van der Waals surface area contributed by atoms with Crippen LogP contribution in [-0.2, 0) is 16.6 Å². The first-order valence-corrected chi connectivity index (χ1v) is 14.0. The smallest absolute Gasteiger partial charge is 0.296 e. The van der Waals surface area contributed by atoms with Gasteiger partial charge in [0.1, 0.15) is 10.9 Å². The largest absolute Gasteiger partial charge is 0.326 e. The monoisotopic (exact) mass is 617 g/mol. The Morgan fingerprint density at radius 3 is 2.23 bits per heavy atom. The van der Waals surface area contributed by atoms with Crippen LogP contribution >= 0.6 is 27.7 Å². The Hall–Kier alpha value is -4.22. The Balaban J connectivity index is 1.52. The minimum atomic E-state index is -0.887. The van der Waals surface area contributed by atoms with Gasteiger partial charge >= 0.3 is 0 Å². The third-order valence-corrected chi connectivity index (χ3v) is 8.07. The number of nitrogens with zero attached hydrogens (tertiary/aromatic N) is 4. The van der Waals surface area contributed by atoms with E-state index >= 15 is 0 Å². The van der Waals surface area contributed by atoms with E-state index in [-0.39, 0.29) is 23.2 Å². The molecule has 202 valence electrons.